The van der Waals surface area contributed by atoms with Crippen molar-refractivity contribution in [2.24, 2.45) is 0 Å². The maximum Gasteiger partial charge on any atom is 0.339 e. The molecule has 1 unspecified atom stereocenters. The lowest BCUT2D eigenvalue weighted by Gasteiger charge is -2.15. The summed E-state index contributed by atoms with van der Waals surface area (Å²) in [6.45, 7) is 4.16. The molecule has 0 heterocycles. The Morgan fingerprint density at radius 3 is 1.97 bits per heavy atom. The van der Waals surface area contributed by atoms with E-state index in [1.807, 2.05) is 0 Å². The third kappa shape index (κ3) is 7.01. The zero-order chi connectivity index (χ0) is 22.3. The quantitative estimate of drug-likeness (QED) is 0.602. The summed E-state index contributed by atoms with van der Waals surface area (Å²) in [5.41, 5.74) is 1.30. The van der Waals surface area contributed by atoms with Crippen molar-refractivity contribution >= 4 is 35.1 Å². The lowest BCUT2D eigenvalue weighted by molar-refractivity contribution is -0.129. The highest BCUT2D eigenvalue weighted by molar-refractivity contribution is 5.98. The van der Waals surface area contributed by atoms with Crippen molar-refractivity contribution < 1.29 is 28.3 Å². The van der Waals surface area contributed by atoms with E-state index in [1.54, 1.807) is 0 Å². The summed E-state index contributed by atoms with van der Waals surface area (Å²) < 4.78 is 18.1. The Morgan fingerprint density at radius 2 is 1.47 bits per heavy atom. The molecule has 3 N–H and O–H groups in total. The number of anilines is 2. The maximum atomic E-state index is 12.9. The molecular formula is C21H22FN3O5. The Kier molecular flexibility index (Phi) is 7.62. The van der Waals surface area contributed by atoms with Gasteiger partial charge < -0.3 is 20.7 Å². The number of carbonyl (C=O) groups excluding carboxylic acids is 4. The van der Waals surface area contributed by atoms with Gasteiger partial charge in [-0.2, -0.15) is 0 Å². The van der Waals surface area contributed by atoms with Gasteiger partial charge in [-0.15, -0.1) is 0 Å². The van der Waals surface area contributed by atoms with Gasteiger partial charge in [-0.25, -0.2) is 9.18 Å². The van der Waals surface area contributed by atoms with E-state index in [1.165, 1.54) is 63.2 Å². The smallest absolute Gasteiger partial charge is 0.339 e. The Hall–Kier alpha value is -3.75. The van der Waals surface area contributed by atoms with Gasteiger partial charge in [-0.1, -0.05) is 12.1 Å². The van der Waals surface area contributed by atoms with E-state index < -0.39 is 18.0 Å². The second-order valence-electron chi connectivity index (χ2n) is 6.55. The lowest BCUT2D eigenvalue weighted by Crippen LogP contribution is -2.35. The van der Waals surface area contributed by atoms with Crippen molar-refractivity contribution in [2.75, 3.05) is 10.6 Å². The zero-order valence-electron chi connectivity index (χ0n) is 16.7. The first-order chi connectivity index (χ1) is 14.1. The average Bonchev–Trinajstić information content (AvgIpc) is 2.65. The fourth-order valence-electron chi connectivity index (χ4n) is 2.51. The summed E-state index contributed by atoms with van der Waals surface area (Å²) in [7, 11) is 0. The van der Waals surface area contributed by atoms with Gasteiger partial charge in [0.25, 0.3) is 5.91 Å². The first-order valence-electron chi connectivity index (χ1n) is 9.07. The van der Waals surface area contributed by atoms with Gasteiger partial charge in [0.1, 0.15) is 5.82 Å². The van der Waals surface area contributed by atoms with Crippen LogP contribution in [0, 0.1) is 5.82 Å². The summed E-state index contributed by atoms with van der Waals surface area (Å²) in [4.78, 5) is 47.3. The molecule has 0 fully saturated rings. The minimum absolute atomic E-state index is 0.0446. The molecule has 1 atom stereocenters. The number of rotatable bonds is 7. The van der Waals surface area contributed by atoms with Crippen molar-refractivity contribution in [1.82, 2.24) is 5.32 Å². The minimum Gasteiger partial charge on any atom is -0.449 e. The van der Waals surface area contributed by atoms with E-state index in [0.29, 0.717) is 5.56 Å². The number of halogens is 1. The average molecular weight is 415 g/mol. The number of carbonyl (C=O) groups is 4. The number of amides is 3. The molecule has 0 spiro atoms. The highest BCUT2D eigenvalue weighted by Gasteiger charge is 2.20. The molecule has 0 radical (unpaired) electrons. The van der Waals surface area contributed by atoms with Gasteiger partial charge in [0, 0.05) is 31.8 Å². The topological polar surface area (TPSA) is 114 Å². The molecule has 2 rings (SSSR count). The molecule has 30 heavy (non-hydrogen) atoms. The molecule has 3 amide bonds. The molecule has 2 aromatic carbocycles. The van der Waals surface area contributed by atoms with Crippen LogP contribution in [0.4, 0.5) is 15.8 Å². The number of esters is 1. The van der Waals surface area contributed by atoms with Gasteiger partial charge >= 0.3 is 5.97 Å². The van der Waals surface area contributed by atoms with Gasteiger partial charge in [0.05, 0.1) is 5.56 Å². The van der Waals surface area contributed by atoms with Gasteiger partial charge in [0.2, 0.25) is 11.8 Å². The number of nitrogens with one attached hydrogen (secondary N) is 3. The number of benzene rings is 2. The summed E-state index contributed by atoms with van der Waals surface area (Å²) in [5, 5.41) is 7.65. The first-order valence-corrected chi connectivity index (χ1v) is 9.07. The fourth-order valence-corrected chi connectivity index (χ4v) is 2.51. The molecule has 0 aliphatic carbocycles. The summed E-state index contributed by atoms with van der Waals surface area (Å²) >= 11 is 0. The van der Waals surface area contributed by atoms with Crippen LogP contribution in [0.3, 0.4) is 0 Å². The van der Waals surface area contributed by atoms with Crippen LogP contribution in [0.5, 0.6) is 0 Å². The van der Waals surface area contributed by atoms with Crippen molar-refractivity contribution in [3.63, 3.8) is 0 Å². The molecule has 0 aliphatic heterocycles. The van der Waals surface area contributed by atoms with Crippen LogP contribution < -0.4 is 16.0 Å². The minimum atomic E-state index is -1.11. The van der Waals surface area contributed by atoms with Crippen molar-refractivity contribution in [1.29, 1.82) is 0 Å². The van der Waals surface area contributed by atoms with Crippen LogP contribution in [-0.4, -0.2) is 29.8 Å². The standard InChI is InChI=1S/C21H22FN3O5/c1-12(20(28)23-11-15-4-6-17(22)7-5-15)30-21(29)16-8-18(24-13(2)26)10-19(9-16)25-14(3)27/h4-10,12H,11H2,1-3H3,(H,23,28)(H,24,26)(H,25,27). The third-order valence-corrected chi connectivity index (χ3v) is 3.84. The monoisotopic (exact) mass is 415 g/mol. The molecule has 0 bridgehead atoms. The van der Waals surface area contributed by atoms with Crippen LogP contribution in [0.1, 0.15) is 36.7 Å². The van der Waals surface area contributed by atoms with Crippen molar-refractivity contribution in [2.45, 2.75) is 33.4 Å². The van der Waals surface area contributed by atoms with E-state index in [9.17, 15) is 23.6 Å². The van der Waals surface area contributed by atoms with E-state index in [4.69, 9.17) is 4.74 Å². The van der Waals surface area contributed by atoms with E-state index in [0.717, 1.165) is 0 Å². The molecule has 0 aliphatic rings. The normalized spacial score (nSPS) is 11.2. The van der Waals surface area contributed by atoms with Crippen molar-refractivity contribution in [3.8, 4) is 0 Å². The highest BCUT2D eigenvalue weighted by Crippen LogP contribution is 2.20. The lowest BCUT2D eigenvalue weighted by atomic mass is 10.1. The molecule has 0 aromatic heterocycles. The molecule has 0 saturated heterocycles. The van der Waals surface area contributed by atoms with Crippen LogP contribution in [0.25, 0.3) is 0 Å². The SMILES string of the molecule is CC(=O)Nc1cc(NC(C)=O)cc(C(=O)OC(C)C(=O)NCc2ccc(F)cc2)c1. The second-order valence-corrected chi connectivity index (χ2v) is 6.55. The van der Waals surface area contributed by atoms with Crippen LogP contribution in [0.15, 0.2) is 42.5 Å². The number of hydrogen-bond acceptors (Lipinski definition) is 5. The third-order valence-electron chi connectivity index (χ3n) is 3.84. The largest absolute Gasteiger partial charge is 0.449 e. The van der Waals surface area contributed by atoms with Crippen LogP contribution >= 0.6 is 0 Å². The number of hydrogen-bond donors (Lipinski definition) is 3. The molecule has 8 nitrogen and oxygen atoms in total. The molecule has 2 aromatic rings. The van der Waals surface area contributed by atoms with E-state index in [2.05, 4.69) is 16.0 Å². The molecule has 9 heteroatoms. The number of ether oxygens (including phenoxy) is 1. The van der Waals surface area contributed by atoms with Gasteiger partial charge in [-0.3, -0.25) is 14.4 Å². The van der Waals surface area contributed by atoms with Gasteiger partial charge in [0.15, 0.2) is 6.10 Å². The Morgan fingerprint density at radius 1 is 0.933 bits per heavy atom. The predicted molar refractivity (Wildman–Crippen MR) is 108 cm³/mol. The highest BCUT2D eigenvalue weighted by atomic mass is 19.1. The van der Waals surface area contributed by atoms with Crippen LogP contribution in [-0.2, 0) is 25.7 Å². The predicted octanol–water partition coefficient (Wildman–Crippen LogP) is 2.60. The summed E-state index contributed by atoms with van der Waals surface area (Å²) in [6.07, 6.45) is -1.11. The Labute approximate surface area is 172 Å². The van der Waals surface area contributed by atoms with Crippen LogP contribution in [0.2, 0.25) is 0 Å². The van der Waals surface area contributed by atoms with E-state index >= 15 is 0 Å². The first kappa shape index (κ1) is 22.5. The fraction of sp³-hybridized carbons (Fsp3) is 0.238. The summed E-state index contributed by atoms with van der Waals surface area (Å²) in [5.74, 6) is -2.44. The second kappa shape index (κ2) is 10.1. The Balaban J connectivity index is 2.05. The summed E-state index contributed by atoms with van der Waals surface area (Å²) in [6, 6.07) is 9.85. The zero-order valence-corrected chi connectivity index (χ0v) is 16.7. The molecule has 158 valence electrons. The van der Waals surface area contributed by atoms with Crippen molar-refractivity contribution in [3.05, 3.63) is 59.4 Å². The van der Waals surface area contributed by atoms with E-state index in [-0.39, 0.29) is 41.1 Å². The molecule has 0 saturated carbocycles. The molecular weight excluding hydrogens is 393 g/mol. The Bertz CT molecular complexity index is 925. The maximum absolute atomic E-state index is 12.9. The van der Waals surface area contributed by atoms with Gasteiger partial charge in [-0.05, 0) is 42.8 Å².